The predicted molar refractivity (Wildman–Crippen MR) is 57.5 cm³/mol. The minimum Gasteiger partial charge on any atom is -0.383 e. The highest BCUT2D eigenvalue weighted by Gasteiger charge is 2.24. The molecule has 3 heteroatoms. The van der Waals surface area contributed by atoms with E-state index in [4.69, 9.17) is 9.47 Å². The summed E-state index contributed by atoms with van der Waals surface area (Å²) < 4.78 is 10.8. The molecule has 3 atom stereocenters. The molecule has 1 saturated heterocycles. The van der Waals surface area contributed by atoms with Crippen molar-refractivity contribution in [2.24, 2.45) is 0 Å². The average molecular weight is 201 g/mol. The van der Waals surface area contributed by atoms with Crippen LogP contribution in [0.3, 0.4) is 0 Å². The lowest BCUT2D eigenvalue weighted by Gasteiger charge is -2.34. The zero-order valence-electron chi connectivity index (χ0n) is 9.75. The summed E-state index contributed by atoms with van der Waals surface area (Å²) in [6.45, 7) is 7.23. The number of nitrogens with one attached hydrogen (secondary N) is 1. The summed E-state index contributed by atoms with van der Waals surface area (Å²) in [5, 5.41) is 3.58. The van der Waals surface area contributed by atoms with Gasteiger partial charge in [-0.1, -0.05) is 0 Å². The molecular weight excluding hydrogens is 178 g/mol. The zero-order chi connectivity index (χ0) is 10.6. The molecule has 0 aliphatic carbocycles. The van der Waals surface area contributed by atoms with Crippen molar-refractivity contribution >= 4 is 0 Å². The second-order valence-corrected chi connectivity index (χ2v) is 4.45. The molecule has 84 valence electrons. The van der Waals surface area contributed by atoms with E-state index >= 15 is 0 Å². The molecule has 1 aliphatic heterocycles. The molecule has 0 amide bonds. The molecule has 0 saturated carbocycles. The Labute approximate surface area is 87.2 Å². The summed E-state index contributed by atoms with van der Waals surface area (Å²) in [6.07, 6.45) is 2.98. The first-order valence-electron chi connectivity index (χ1n) is 5.52. The van der Waals surface area contributed by atoms with E-state index in [0.29, 0.717) is 24.3 Å². The summed E-state index contributed by atoms with van der Waals surface area (Å²) >= 11 is 0. The van der Waals surface area contributed by atoms with Gasteiger partial charge in [0.1, 0.15) is 0 Å². The van der Waals surface area contributed by atoms with Gasteiger partial charge in [-0.25, -0.2) is 0 Å². The predicted octanol–water partition coefficient (Wildman–Crippen LogP) is 1.57. The van der Waals surface area contributed by atoms with Gasteiger partial charge in [0.25, 0.3) is 0 Å². The Balaban J connectivity index is 2.29. The lowest BCUT2D eigenvalue weighted by molar-refractivity contribution is -0.0443. The van der Waals surface area contributed by atoms with Crippen molar-refractivity contribution in [3.8, 4) is 0 Å². The van der Waals surface area contributed by atoms with Crippen LogP contribution >= 0.6 is 0 Å². The van der Waals surface area contributed by atoms with Crippen LogP contribution in [0.4, 0.5) is 0 Å². The number of hydrogen-bond donors (Lipinski definition) is 1. The first-order valence-corrected chi connectivity index (χ1v) is 5.52. The Morgan fingerprint density at radius 3 is 2.43 bits per heavy atom. The van der Waals surface area contributed by atoms with Crippen molar-refractivity contribution < 1.29 is 9.47 Å². The molecule has 0 spiro atoms. The molecule has 0 aromatic heterocycles. The molecule has 1 N–H and O–H groups in total. The van der Waals surface area contributed by atoms with Crippen LogP contribution in [0.25, 0.3) is 0 Å². The van der Waals surface area contributed by atoms with Gasteiger partial charge in [0, 0.05) is 19.2 Å². The highest BCUT2D eigenvalue weighted by Crippen LogP contribution is 2.19. The Bertz CT molecular complexity index is 153. The second kappa shape index (κ2) is 5.69. The summed E-state index contributed by atoms with van der Waals surface area (Å²) in [6, 6.07) is 1.02. The minimum atomic E-state index is 0.381. The lowest BCUT2D eigenvalue weighted by atomic mass is 9.99. The van der Waals surface area contributed by atoms with Crippen LogP contribution < -0.4 is 5.32 Å². The maximum Gasteiger partial charge on any atom is 0.0613 e. The van der Waals surface area contributed by atoms with Gasteiger partial charge >= 0.3 is 0 Å². The molecule has 1 aliphatic rings. The minimum absolute atomic E-state index is 0.381. The van der Waals surface area contributed by atoms with E-state index in [-0.39, 0.29) is 0 Å². The summed E-state index contributed by atoms with van der Waals surface area (Å²) in [5.41, 5.74) is 0. The molecule has 14 heavy (non-hydrogen) atoms. The van der Waals surface area contributed by atoms with E-state index < -0.39 is 0 Å². The molecule has 0 bridgehead atoms. The van der Waals surface area contributed by atoms with Gasteiger partial charge in [-0.15, -0.1) is 0 Å². The van der Waals surface area contributed by atoms with Crippen molar-refractivity contribution in [3.63, 3.8) is 0 Å². The molecule has 1 fully saturated rings. The quantitative estimate of drug-likeness (QED) is 0.749. The fraction of sp³-hybridized carbons (Fsp3) is 1.00. The van der Waals surface area contributed by atoms with Crippen molar-refractivity contribution in [3.05, 3.63) is 0 Å². The van der Waals surface area contributed by atoms with Gasteiger partial charge < -0.3 is 14.8 Å². The molecule has 1 heterocycles. The van der Waals surface area contributed by atoms with E-state index in [2.05, 4.69) is 26.1 Å². The van der Waals surface area contributed by atoms with E-state index in [1.807, 2.05) is 0 Å². The highest BCUT2D eigenvalue weighted by atomic mass is 16.5. The van der Waals surface area contributed by atoms with Crippen LogP contribution in [-0.2, 0) is 9.47 Å². The van der Waals surface area contributed by atoms with Gasteiger partial charge in [-0.2, -0.15) is 0 Å². The van der Waals surface area contributed by atoms with Crippen LogP contribution in [0.15, 0.2) is 0 Å². The smallest absolute Gasteiger partial charge is 0.0613 e. The van der Waals surface area contributed by atoms with Crippen molar-refractivity contribution in [2.45, 2.75) is 57.9 Å². The van der Waals surface area contributed by atoms with Gasteiger partial charge in [0.05, 0.1) is 18.8 Å². The molecule has 0 aromatic carbocycles. The van der Waals surface area contributed by atoms with E-state index in [9.17, 15) is 0 Å². The maximum atomic E-state index is 5.69. The topological polar surface area (TPSA) is 30.5 Å². The van der Waals surface area contributed by atoms with Gasteiger partial charge in [-0.3, -0.25) is 0 Å². The van der Waals surface area contributed by atoms with Crippen molar-refractivity contribution in [1.29, 1.82) is 0 Å². The Morgan fingerprint density at radius 1 is 1.36 bits per heavy atom. The van der Waals surface area contributed by atoms with Crippen LogP contribution in [0.2, 0.25) is 0 Å². The standard InChI is InChI=1S/C11H23NO2/c1-8(7-13-4)12-11-5-9(2)14-10(3)6-11/h8-12H,5-7H2,1-4H3/t8-,9-,10-/m0/s1. The third kappa shape index (κ3) is 3.95. The van der Waals surface area contributed by atoms with E-state index in [1.165, 1.54) is 0 Å². The first kappa shape index (κ1) is 12.0. The van der Waals surface area contributed by atoms with Gasteiger partial charge in [0.15, 0.2) is 0 Å². The largest absolute Gasteiger partial charge is 0.383 e. The SMILES string of the molecule is COC[C@H](C)NC1C[C@H](C)O[C@@H](C)C1. The lowest BCUT2D eigenvalue weighted by Crippen LogP contribution is -2.46. The van der Waals surface area contributed by atoms with Crippen LogP contribution in [0.1, 0.15) is 33.6 Å². The summed E-state index contributed by atoms with van der Waals surface area (Å²) in [4.78, 5) is 0. The monoisotopic (exact) mass is 201 g/mol. The molecule has 1 rings (SSSR count). The molecule has 0 aromatic rings. The fourth-order valence-corrected chi connectivity index (χ4v) is 2.24. The number of ether oxygens (including phenoxy) is 2. The normalized spacial score (nSPS) is 35.6. The van der Waals surface area contributed by atoms with E-state index in [1.54, 1.807) is 7.11 Å². The first-order chi connectivity index (χ1) is 6.61. The average Bonchev–Trinajstić information content (AvgIpc) is 2.01. The van der Waals surface area contributed by atoms with E-state index in [0.717, 1.165) is 19.4 Å². The Hall–Kier alpha value is -0.120. The third-order valence-corrected chi connectivity index (χ3v) is 2.63. The van der Waals surface area contributed by atoms with Crippen molar-refractivity contribution in [2.75, 3.05) is 13.7 Å². The fourth-order valence-electron chi connectivity index (χ4n) is 2.24. The highest BCUT2D eigenvalue weighted by molar-refractivity contribution is 4.80. The molecule has 3 nitrogen and oxygen atoms in total. The molecule has 0 radical (unpaired) electrons. The number of methoxy groups -OCH3 is 1. The van der Waals surface area contributed by atoms with Gasteiger partial charge in [-0.05, 0) is 33.6 Å². The van der Waals surface area contributed by atoms with Crippen molar-refractivity contribution in [1.82, 2.24) is 5.32 Å². The maximum absolute atomic E-state index is 5.69. The van der Waals surface area contributed by atoms with Gasteiger partial charge in [0.2, 0.25) is 0 Å². The molecular formula is C11H23NO2. The summed E-state index contributed by atoms with van der Waals surface area (Å²) in [5.74, 6) is 0. The Kier molecular flexibility index (Phi) is 4.85. The second-order valence-electron chi connectivity index (χ2n) is 4.45. The third-order valence-electron chi connectivity index (χ3n) is 2.63. The Morgan fingerprint density at radius 2 is 1.93 bits per heavy atom. The number of hydrogen-bond acceptors (Lipinski definition) is 3. The zero-order valence-corrected chi connectivity index (χ0v) is 9.75. The van der Waals surface area contributed by atoms with Crippen LogP contribution in [0.5, 0.6) is 0 Å². The number of rotatable bonds is 4. The summed E-state index contributed by atoms with van der Waals surface area (Å²) in [7, 11) is 1.74. The van der Waals surface area contributed by atoms with Crippen LogP contribution in [-0.4, -0.2) is 38.0 Å². The van der Waals surface area contributed by atoms with Crippen LogP contribution in [0, 0.1) is 0 Å². The molecule has 0 unspecified atom stereocenters.